The average molecular weight is 291 g/mol. The Hall–Kier alpha value is -1.62. The van der Waals surface area contributed by atoms with Crippen LogP contribution in [0.2, 0.25) is 0 Å². The fourth-order valence-electron chi connectivity index (χ4n) is 2.52. The average Bonchev–Trinajstić information content (AvgIpc) is 2.71. The Kier molecular flexibility index (Phi) is 3.61. The van der Waals surface area contributed by atoms with Crippen molar-refractivity contribution in [1.29, 1.82) is 0 Å². The summed E-state index contributed by atoms with van der Waals surface area (Å²) in [5.74, 6) is 0.340. The molecular formula is C16H22FN3O. The number of rotatable bonds is 4. The van der Waals surface area contributed by atoms with Crippen LogP contribution in [-0.4, -0.2) is 41.1 Å². The van der Waals surface area contributed by atoms with Crippen molar-refractivity contribution in [1.82, 2.24) is 14.9 Å². The summed E-state index contributed by atoms with van der Waals surface area (Å²) in [7, 11) is 0. The topological polar surface area (TPSA) is 41.1 Å². The van der Waals surface area contributed by atoms with Gasteiger partial charge in [-0.3, -0.25) is 4.90 Å². The molecule has 3 heterocycles. The lowest BCUT2D eigenvalue weighted by molar-refractivity contribution is 0.144. The van der Waals surface area contributed by atoms with Crippen LogP contribution in [-0.2, 0) is 5.41 Å². The number of halogens is 1. The number of pyridine rings is 1. The van der Waals surface area contributed by atoms with Gasteiger partial charge in [-0.15, -0.1) is 0 Å². The predicted molar refractivity (Wildman–Crippen MR) is 81.3 cm³/mol. The van der Waals surface area contributed by atoms with E-state index in [0.29, 0.717) is 23.5 Å². The molecule has 2 aromatic heterocycles. The van der Waals surface area contributed by atoms with Gasteiger partial charge < -0.3 is 9.72 Å². The Morgan fingerprint density at radius 1 is 1.38 bits per heavy atom. The first kappa shape index (κ1) is 14.3. The monoisotopic (exact) mass is 291 g/mol. The molecule has 2 aromatic rings. The largest absolute Gasteiger partial charge is 0.476 e. The summed E-state index contributed by atoms with van der Waals surface area (Å²) in [6.45, 7) is 10.1. The molecule has 3 rings (SSSR count). The van der Waals surface area contributed by atoms with E-state index in [1.807, 2.05) is 6.07 Å². The lowest BCUT2D eigenvalue weighted by Gasteiger charge is -2.30. The number of hydrogen-bond donors (Lipinski definition) is 1. The minimum Gasteiger partial charge on any atom is -0.476 e. The zero-order valence-corrected chi connectivity index (χ0v) is 12.9. The zero-order valence-electron chi connectivity index (χ0n) is 12.9. The van der Waals surface area contributed by atoms with Gasteiger partial charge >= 0.3 is 0 Å². The third-order valence-electron chi connectivity index (χ3n) is 3.98. The van der Waals surface area contributed by atoms with E-state index in [-0.39, 0.29) is 11.2 Å². The summed E-state index contributed by atoms with van der Waals surface area (Å²) in [5.41, 5.74) is 1.34. The van der Waals surface area contributed by atoms with Crippen molar-refractivity contribution in [2.45, 2.75) is 32.6 Å². The second kappa shape index (κ2) is 5.30. The fraction of sp³-hybridized carbons (Fsp3) is 0.562. The van der Waals surface area contributed by atoms with Gasteiger partial charge in [0.15, 0.2) is 0 Å². The molecule has 1 N–H and O–H groups in total. The van der Waals surface area contributed by atoms with Gasteiger partial charge in [-0.05, 0) is 31.0 Å². The molecule has 114 valence electrons. The van der Waals surface area contributed by atoms with E-state index in [4.69, 9.17) is 4.74 Å². The molecule has 1 fully saturated rings. The quantitative estimate of drug-likeness (QED) is 0.941. The lowest BCUT2D eigenvalue weighted by Crippen LogP contribution is -2.39. The van der Waals surface area contributed by atoms with Crippen LogP contribution >= 0.6 is 0 Å². The van der Waals surface area contributed by atoms with Gasteiger partial charge in [-0.1, -0.05) is 20.8 Å². The van der Waals surface area contributed by atoms with Crippen LogP contribution in [0, 0.1) is 5.82 Å². The maximum Gasteiger partial charge on any atom is 0.219 e. The second-order valence-electron chi connectivity index (χ2n) is 6.67. The number of nitrogens with one attached hydrogen (secondary N) is 1. The van der Waals surface area contributed by atoms with Crippen LogP contribution in [0.25, 0.3) is 11.0 Å². The molecule has 0 atom stereocenters. The van der Waals surface area contributed by atoms with Crippen LogP contribution in [0.4, 0.5) is 4.39 Å². The number of H-pyrrole nitrogens is 1. The molecule has 0 radical (unpaired) electrons. The van der Waals surface area contributed by atoms with Crippen molar-refractivity contribution in [3.05, 3.63) is 23.6 Å². The molecule has 0 saturated carbocycles. The standard InChI is InChI=1S/C16H22FN3O/c1-16(2,3)12-9-11-13(17)10-18-14(11)19-15(12)21-8-7-20-5-4-6-20/h9-10H,4-8H2,1-3H3,(H,18,19). The van der Waals surface area contributed by atoms with E-state index >= 15 is 0 Å². The van der Waals surface area contributed by atoms with Crippen LogP contribution in [0.5, 0.6) is 5.88 Å². The van der Waals surface area contributed by atoms with Gasteiger partial charge in [0.05, 0.1) is 5.39 Å². The highest BCUT2D eigenvalue weighted by Crippen LogP contribution is 2.33. The van der Waals surface area contributed by atoms with Crippen molar-refractivity contribution in [2.75, 3.05) is 26.2 Å². The summed E-state index contributed by atoms with van der Waals surface area (Å²) in [4.78, 5) is 9.67. The van der Waals surface area contributed by atoms with Crippen molar-refractivity contribution in [3.63, 3.8) is 0 Å². The van der Waals surface area contributed by atoms with Gasteiger partial charge in [-0.25, -0.2) is 4.39 Å². The minimum atomic E-state index is -0.268. The Morgan fingerprint density at radius 2 is 2.14 bits per heavy atom. The first-order chi connectivity index (χ1) is 9.95. The summed E-state index contributed by atoms with van der Waals surface area (Å²) >= 11 is 0. The fourth-order valence-corrected chi connectivity index (χ4v) is 2.52. The van der Waals surface area contributed by atoms with E-state index < -0.39 is 0 Å². The van der Waals surface area contributed by atoms with Gasteiger partial charge in [0.25, 0.3) is 0 Å². The lowest BCUT2D eigenvalue weighted by atomic mass is 9.87. The SMILES string of the molecule is CC(C)(C)c1cc2c(F)c[nH]c2nc1OCCN1CCC1. The van der Waals surface area contributed by atoms with Crippen LogP contribution in [0.1, 0.15) is 32.8 Å². The molecule has 0 aliphatic carbocycles. The van der Waals surface area contributed by atoms with E-state index in [1.165, 1.54) is 12.6 Å². The molecule has 5 heteroatoms. The summed E-state index contributed by atoms with van der Waals surface area (Å²) in [6, 6.07) is 1.85. The maximum atomic E-state index is 13.7. The van der Waals surface area contributed by atoms with Crippen LogP contribution < -0.4 is 4.74 Å². The van der Waals surface area contributed by atoms with Crippen molar-refractivity contribution in [2.24, 2.45) is 0 Å². The molecule has 0 bridgehead atoms. The highest BCUT2D eigenvalue weighted by Gasteiger charge is 2.23. The predicted octanol–water partition coefficient (Wildman–Crippen LogP) is 3.08. The Bertz CT molecular complexity index is 641. The molecule has 0 aromatic carbocycles. The normalized spacial score (nSPS) is 16.2. The number of fused-ring (bicyclic) bond motifs is 1. The number of hydrogen-bond acceptors (Lipinski definition) is 3. The van der Waals surface area contributed by atoms with Gasteiger partial charge in [0, 0.05) is 18.3 Å². The first-order valence-electron chi connectivity index (χ1n) is 7.48. The molecule has 1 saturated heterocycles. The molecule has 0 amide bonds. The molecular weight excluding hydrogens is 269 g/mol. The molecule has 1 aliphatic heterocycles. The summed E-state index contributed by atoms with van der Waals surface area (Å²) in [5, 5.41) is 0.523. The van der Waals surface area contributed by atoms with Crippen molar-refractivity contribution < 1.29 is 9.13 Å². The summed E-state index contributed by atoms with van der Waals surface area (Å²) < 4.78 is 19.6. The molecule has 4 nitrogen and oxygen atoms in total. The number of aromatic nitrogens is 2. The van der Waals surface area contributed by atoms with Gasteiger partial charge in [0.1, 0.15) is 18.1 Å². The Morgan fingerprint density at radius 3 is 2.76 bits per heavy atom. The Balaban J connectivity index is 1.86. The highest BCUT2D eigenvalue weighted by atomic mass is 19.1. The maximum absolute atomic E-state index is 13.7. The summed E-state index contributed by atoms with van der Waals surface area (Å²) in [6.07, 6.45) is 2.62. The molecule has 0 unspecified atom stereocenters. The number of nitrogens with zero attached hydrogens (tertiary/aromatic N) is 2. The number of ether oxygens (including phenoxy) is 1. The van der Waals surface area contributed by atoms with E-state index in [0.717, 1.165) is 25.2 Å². The van der Waals surface area contributed by atoms with Gasteiger partial charge in [-0.2, -0.15) is 4.98 Å². The Labute approximate surface area is 124 Å². The smallest absolute Gasteiger partial charge is 0.219 e. The third-order valence-corrected chi connectivity index (χ3v) is 3.98. The highest BCUT2D eigenvalue weighted by molar-refractivity contribution is 5.78. The van der Waals surface area contributed by atoms with Crippen molar-refractivity contribution >= 4 is 11.0 Å². The number of likely N-dealkylation sites (tertiary alicyclic amines) is 1. The molecule has 0 spiro atoms. The van der Waals surface area contributed by atoms with E-state index in [1.54, 1.807) is 0 Å². The van der Waals surface area contributed by atoms with Crippen LogP contribution in [0.15, 0.2) is 12.3 Å². The molecule has 1 aliphatic rings. The van der Waals surface area contributed by atoms with Crippen LogP contribution in [0.3, 0.4) is 0 Å². The van der Waals surface area contributed by atoms with E-state index in [2.05, 4.69) is 35.6 Å². The van der Waals surface area contributed by atoms with Crippen molar-refractivity contribution in [3.8, 4) is 5.88 Å². The second-order valence-corrected chi connectivity index (χ2v) is 6.67. The minimum absolute atomic E-state index is 0.142. The number of aromatic amines is 1. The third kappa shape index (κ3) is 2.88. The molecule has 21 heavy (non-hydrogen) atoms. The van der Waals surface area contributed by atoms with E-state index in [9.17, 15) is 4.39 Å². The van der Waals surface area contributed by atoms with Gasteiger partial charge in [0.2, 0.25) is 5.88 Å². The first-order valence-corrected chi connectivity index (χ1v) is 7.48. The zero-order chi connectivity index (χ0) is 15.0.